The van der Waals surface area contributed by atoms with Gasteiger partial charge in [0.2, 0.25) is 0 Å². The van der Waals surface area contributed by atoms with E-state index in [0.717, 1.165) is 5.56 Å². The molecule has 15 heavy (non-hydrogen) atoms. The van der Waals surface area contributed by atoms with Gasteiger partial charge in [-0.25, -0.2) is 5.43 Å². The van der Waals surface area contributed by atoms with Crippen LogP contribution in [0.5, 0.6) is 0 Å². The number of hydrazine groups is 1. The highest BCUT2D eigenvalue weighted by Crippen LogP contribution is 2.13. The largest absolute Gasteiger partial charge is 0.468 e. The van der Waals surface area contributed by atoms with Crippen molar-refractivity contribution in [3.63, 3.8) is 0 Å². The number of benzene rings is 1. The molecule has 0 bridgehead atoms. The fourth-order valence-electron chi connectivity index (χ4n) is 1.41. The van der Waals surface area contributed by atoms with Gasteiger partial charge in [-0.15, -0.1) is 0 Å². The molecule has 4 nitrogen and oxygen atoms in total. The molecule has 0 aliphatic heterocycles. The number of esters is 1. The highest BCUT2D eigenvalue weighted by atomic mass is 16.5. The van der Waals surface area contributed by atoms with E-state index in [1.54, 1.807) is 6.92 Å². The van der Waals surface area contributed by atoms with Gasteiger partial charge < -0.3 is 4.74 Å². The molecule has 1 aromatic rings. The minimum Gasteiger partial charge on any atom is -0.468 e. The first-order chi connectivity index (χ1) is 7.12. The summed E-state index contributed by atoms with van der Waals surface area (Å²) in [6.45, 7) is 1.71. The molecular weight excluding hydrogens is 192 g/mol. The zero-order chi connectivity index (χ0) is 11.3. The second kappa shape index (κ2) is 4.91. The molecule has 0 saturated heterocycles. The van der Waals surface area contributed by atoms with Gasteiger partial charge >= 0.3 is 5.97 Å². The first-order valence-electron chi connectivity index (χ1n) is 4.72. The molecule has 4 heteroatoms. The summed E-state index contributed by atoms with van der Waals surface area (Å²) in [6.07, 6.45) is 0.497. The smallest absolute Gasteiger partial charge is 0.327 e. The third kappa shape index (κ3) is 2.78. The van der Waals surface area contributed by atoms with Crippen molar-refractivity contribution in [3.8, 4) is 0 Å². The number of carbonyl (C=O) groups is 1. The average Bonchev–Trinajstić information content (AvgIpc) is 2.29. The monoisotopic (exact) mass is 208 g/mol. The van der Waals surface area contributed by atoms with Gasteiger partial charge in [-0.05, 0) is 12.5 Å². The van der Waals surface area contributed by atoms with Crippen molar-refractivity contribution in [2.45, 2.75) is 18.9 Å². The fraction of sp³-hybridized carbons (Fsp3) is 0.364. The van der Waals surface area contributed by atoms with Gasteiger partial charge in [0.05, 0.1) is 7.11 Å². The van der Waals surface area contributed by atoms with Crippen molar-refractivity contribution in [3.05, 3.63) is 35.9 Å². The molecule has 1 unspecified atom stereocenters. The number of methoxy groups -OCH3 is 1. The summed E-state index contributed by atoms with van der Waals surface area (Å²) < 4.78 is 4.70. The van der Waals surface area contributed by atoms with Crippen molar-refractivity contribution in [1.82, 2.24) is 5.43 Å². The highest BCUT2D eigenvalue weighted by molar-refractivity contribution is 5.80. The molecule has 1 atom stereocenters. The third-order valence-electron chi connectivity index (χ3n) is 2.35. The Hall–Kier alpha value is -1.39. The summed E-state index contributed by atoms with van der Waals surface area (Å²) in [7, 11) is 1.35. The van der Waals surface area contributed by atoms with E-state index in [2.05, 4.69) is 5.43 Å². The molecule has 0 heterocycles. The molecule has 0 fully saturated rings. The number of rotatable bonds is 4. The van der Waals surface area contributed by atoms with Crippen molar-refractivity contribution >= 4 is 5.97 Å². The van der Waals surface area contributed by atoms with Crippen LogP contribution in [0.25, 0.3) is 0 Å². The maximum absolute atomic E-state index is 11.5. The van der Waals surface area contributed by atoms with Crippen molar-refractivity contribution in [2.24, 2.45) is 5.84 Å². The maximum atomic E-state index is 11.5. The van der Waals surface area contributed by atoms with Crippen LogP contribution < -0.4 is 11.3 Å². The second-order valence-corrected chi connectivity index (χ2v) is 3.63. The lowest BCUT2D eigenvalue weighted by Gasteiger charge is -2.25. The average molecular weight is 208 g/mol. The summed E-state index contributed by atoms with van der Waals surface area (Å²) in [6, 6.07) is 9.65. The zero-order valence-electron chi connectivity index (χ0n) is 8.99. The number of nitrogens with two attached hydrogens (primary N) is 1. The molecule has 3 N–H and O–H groups in total. The fourth-order valence-corrected chi connectivity index (χ4v) is 1.41. The van der Waals surface area contributed by atoms with Crippen molar-refractivity contribution < 1.29 is 9.53 Å². The number of ether oxygens (including phenoxy) is 1. The predicted molar refractivity (Wildman–Crippen MR) is 57.9 cm³/mol. The number of hydrogen-bond acceptors (Lipinski definition) is 4. The summed E-state index contributed by atoms with van der Waals surface area (Å²) in [4.78, 5) is 11.5. The van der Waals surface area contributed by atoms with Crippen LogP contribution >= 0.6 is 0 Å². The molecule has 0 aliphatic rings. The minimum atomic E-state index is -0.879. The van der Waals surface area contributed by atoms with Gasteiger partial charge in [-0.2, -0.15) is 0 Å². The molecule has 82 valence electrons. The zero-order valence-corrected chi connectivity index (χ0v) is 8.99. The standard InChI is InChI=1S/C11H16N2O2/c1-11(13-12,10(14)15-2)8-9-6-4-3-5-7-9/h3-7,13H,8,12H2,1-2H3. The Bertz CT molecular complexity index is 327. The Labute approximate surface area is 89.4 Å². The second-order valence-electron chi connectivity index (χ2n) is 3.63. The first kappa shape index (κ1) is 11.7. The van der Waals surface area contributed by atoms with Crippen molar-refractivity contribution in [1.29, 1.82) is 0 Å². The van der Waals surface area contributed by atoms with Gasteiger partial charge in [-0.3, -0.25) is 10.6 Å². The van der Waals surface area contributed by atoms with Gasteiger partial charge in [0.15, 0.2) is 0 Å². The molecule has 1 aromatic carbocycles. The molecular formula is C11H16N2O2. The minimum absolute atomic E-state index is 0.367. The van der Waals surface area contributed by atoms with E-state index in [0.29, 0.717) is 6.42 Å². The number of hydrogen-bond donors (Lipinski definition) is 2. The van der Waals surface area contributed by atoms with Gasteiger partial charge in [0, 0.05) is 6.42 Å². The Balaban J connectivity index is 2.81. The Morgan fingerprint density at radius 3 is 2.53 bits per heavy atom. The Kier molecular flexibility index (Phi) is 3.82. The van der Waals surface area contributed by atoms with Crippen LogP contribution in [0.15, 0.2) is 30.3 Å². The van der Waals surface area contributed by atoms with Crippen LogP contribution in [0.4, 0.5) is 0 Å². The van der Waals surface area contributed by atoms with E-state index in [9.17, 15) is 4.79 Å². The predicted octanol–water partition coefficient (Wildman–Crippen LogP) is 0.624. The number of nitrogens with one attached hydrogen (secondary N) is 1. The van der Waals surface area contributed by atoms with Gasteiger partial charge in [0.25, 0.3) is 0 Å². The summed E-state index contributed by atoms with van der Waals surface area (Å²) in [5, 5.41) is 0. The topological polar surface area (TPSA) is 64.3 Å². The first-order valence-corrected chi connectivity index (χ1v) is 4.72. The van der Waals surface area contributed by atoms with E-state index in [1.165, 1.54) is 7.11 Å². The summed E-state index contributed by atoms with van der Waals surface area (Å²) >= 11 is 0. The van der Waals surface area contributed by atoms with Crippen LogP contribution in [0.3, 0.4) is 0 Å². The van der Waals surface area contributed by atoms with Crippen LogP contribution in [0.2, 0.25) is 0 Å². The van der Waals surface area contributed by atoms with Crippen LogP contribution in [0, 0.1) is 0 Å². The molecule has 0 aliphatic carbocycles. The normalized spacial score (nSPS) is 14.3. The Morgan fingerprint density at radius 2 is 2.07 bits per heavy atom. The SMILES string of the molecule is COC(=O)C(C)(Cc1ccccc1)NN. The van der Waals surface area contributed by atoms with E-state index in [-0.39, 0.29) is 5.97 Å². The molecule has 0 saturated carbocycles. The molecule has 0 spiro atoms. The summed E-state index contributed by atoms with van der Waals surface area (Å²) in [5.74, 6) is 5.01. The van der Waals surface area contributed by atoms with Gasteiger partial charge in [-0.1, -0.05) is 30.3 Å². The maximum Gasteiger partial charge on any atom is 0.327 e. The Morgan fingerprint density at radius 1 is 1.47 bits per heavy atom. The lowest BCUT2D eigenvalue weighted by Crippen LogP contribution is -2.55. The van der Waals surface area contributed by atoms with Crippen LogP contribution in [-0.2, 0) is 16.0 Å². The van der Waals surface area contributed by atoms with Crippen molar-refractivity contribution in [2.75, 3.05) is 7.11 Å². The lowest BCUT2D eigenvalue weighted by atomic mass is 9.94. The van der Waals surface area contributed by atoms with Crippen LogP contribution in [0.1, 0.15) is 12.5 Å². The van der Waals surface area contributed by atoms with E-state index in [1.807, 2.05) is 30.3 Å². The quantitative estimate of drug-likeness (QED) is 0.432. The van der Waals surface area contributed by atoms with E-state index in [4.69, 9.17) is 10.6 Å². The van der Waals surface area contributed by atoms with E-state index >= 15 is 0 Å². The molecule has 0 aromatic heterocycles. The van der Waals surface area contributed by atoms with Crippen LogP contribution in [-0.4, -0.2) is 18.6 Å². The molecule has 0 radical (unpaired) electrons. The van der Waals surface area contributed by atoms with Gasteiger partial charge in [0.1, 0.15) is 5.54 Å². The summed E-state index contributed by atoms with van der Waals surface area (Å²) in [5.41, 5.74) is 2.66. The molecule has 1 rings (SSSR count). The highest BCUT2D eigenvalue weighted by Gasteiger charge is 2.33. The number of carbonyl (C=O) groups excluding carboxylic acids is 1. The third-order valence-corrected chi connectivity index (χ3v) is 2.35. The van der Waals surface area contributed by atoms with E-state index < -0.39 is 5.54 Å². The molecule has 0 amide bonds. The lowest BCUT2D eigenvalue weighted by molar-refractivity contribution is -0.147.